The molecule has 0 bridgehead atoms. The minimum Gasteiger partial charge on any atom is -0.383 e. The number of aromatic nitrogens is 1. The van der Waals surface area contributed by atoms with Crippen molar-refractivity contribution in [2.24, 2.45) is 0 Å². The minimum atomic E-state index is -0.605. The molecule has 0 aliphatic rings. The molecule has 6 heteroatoms. The number of rotatable bonds is 4. The molecule has 0 aliphatic heterocycles. The fourth-order valence-electron chi connectivity index (χ4n) is 2.08. The molecule has 106 valence electrons. The van der Waals surface area contributed by atoms with Gasteiger partial charge in [-0.1, -0.05) is 11.6 Å². The Bertz CT molecular complexity index is 599. The van der Waals surface area contributed by atoms with Crippen LogP contribution in [-0.4, -0.2) is 12.0 Å². The summed E-state index contributed by atoms with van der Waals surface area (Å²) in [4.78, 5) is 3.98. The summed E-state index contributed by atoms with van der Waals surface area (Å²) < 4.78 is 26.4. The normalized spacial score (nSPS) is 12.4. The predicted molar refractivity (Wildman–Crippen MR) is 75.5 cm³/mol. The standard InChI is InChI=1S/C14H14ClF2N3/c1-19-13(12-5-9(15)7-20-14(12)18)4-8-2-10(16)6-11(17)3-8/h2-3,5-7,13,19H,4H2,1H3,(H2,18,20). The van der Waals surface area contributed by atoms with Crippen molar-refractivity contribution in [1.29, 1.82) is 0 Å². The van der Waals surface area contributed by atoms with Gasteiger partial charge in [0.2, 0.25) is 0 Å². The molecular formula is C14H14ClF2N3. The summed E-state index contributed by atoms with van der Waals surface area (Å²) in [7, 11) is 1.74. The number of pyridine rings is 1. The van der Waals surface area contributed by atoms with E-state index < -0.39 is 11.6 Å². The number of halogens is 3. The maximum Gasteiger partial charge on any atom is 0.128 e. The molecule has 1 aromatic heterocycles. The number of nitrogens with two attached hydrogens (primary N) is 1. The monoisotopic (exact) mass is 297 g/mol. The molecule has 0 amide bonds. The maximum absolute atomic E-state index is 13.2. The molecule has 1 heterocycles. The zero-order valence-electron chi connectivity index (χ0n) is 10.8. The van der Waals surface area contributed by atoms with Gasteiger partial charge < -0.3 is 11.1 Å². The van der Waals surface area contributed by atoms with E-state index in [-0.39, 0.29) is 6.04 Å². The van der Waals surface area contributed by atoms with Crippen LogP contribution < -0.4 is 11.1 Å². The molecule has 2 aromatic rings. The highest BCUT2D eigenvalue weighted by Crippen LogP contribution is 2.25. The van der Waals surface area contributed by atoms with E-state index in [1.807, 2.05) is 0 Å². The number of nitrogens with one attached hydrogen (secondary N) is 1. The fourth-order valence-corrected chi connectivity index (χ4v) is 2.24. The quantitative estimate of drug-likeness (QED) is 0.912. The van der Waals surface area contributed by atoms with Crippen LogP contribution in [0.15, 0.2) is 30.5 Å². The zero-order chi connectivity index (χ0) is 14.7. The number of likely N-dealkylation sites (N-methyl/N-ethyl adjacent to an activating group) is 1. The summed E-state index contributed by atoms with van der Waals surface area (Å²) in [5.74, 6) is -0.871. The topological polar surface area (TPSA) is 50.9 Å². The van der Waals surface area contributed by atoms with Gasteiger partial charge in [0, 0.05) is 23.9 Å². The molecule has 1 unspecified atom stereocenters. The van der Waals surface area contributed by atoms with Crippen LogP contribution in [0.4, 0.5) is 14.6 Å². The molecule has 0 fully saturated rings. The molecule has 0 saturated carbocycles. The smallest absolute Gasteiger partial charge is 0.128 e. The van der Waals surface area contributed by atoms with Crippen molar-refractivity contribution >= 4 is 17.4 Å². The van der Waals surface area contributed by atoms with Crippen molar-refractivity contribution in [2.45, 2.75) is 12.5 Å². The molecule has 1 atom stereocenters. The fraction of sp³-hybridized carbons (Fsp3) is 0.214. The first kappa shape index (κ1) is 14.7. The van der Waals surface area contributed by atoms with E-state index in [2.05, 4.69) is 10.3 Å². The van der Waals surface area contributed by atoms with Gasteiger partial charge in [-0.05, 0) is 37.2 Å². The first-order valence-electron chi connectivity index (χ1n) is 6.02. The molecule has 3 nitrogen and oxygen atoms in total. The van der Waals surface area contributed by atoms with E-state index in [4.69, 9.17) is 17.3 Å². The first-order valence-corrected chi connectivity index (χ1v) is 6.40. The minimum absolute atomic E-state index is 0.234. The Kier molecular flexibility index (Phi) is 4.52. The lowest BCUT2D eigenvalue weighted by Gasteiger charge is -2.18. The highest BCUT2D eigenvalue weighted by atomic mass is 35.5. The van der Waals surface area contributed by atoms with Gasteiger partial charge in [0.05, 0.1) is 5.02 Å². The van der Waals surface area contributed by atoms with Gasteiger partial charge in [0.25, 0.3) is 0 Å². The van der Waals surface area contributed by atoms with Gasteiger partial charge in [-0.25, -0.2) is 13.8 Å². The Morgan fingerprint density at radius 3 is 2.50 bits per heavy atom. The van der Waals surface area contributed by atoms with E-state index in [9.17, 15) is 8.78 Å². The van der Waals surface area contributed by atoms with Crippen LogP contribution in [0.3, 0.4) is 0 Å². The molecule has 0 radical (unpaired) electrons. The third-order valence-corrected chi connectivity index (χ3v) is 3.21. The van der Waals surface area contributed by atoms with E-state index in [0.29, 0.717) is 28.4 Å². The third kappa shape index (κ3) is 3.43. The number of benzene rings is 1. The van der Waals surface area contributed by atoms with Crippen molar-refractivity contribution in [1.82, 2.24) is 10.3 Å². The van der Waals surface area contributed by atoms with Gasteiger partial charge in [0.15, 0.2) is 0 Å². The predicted octanol–water partition coefficient (Wildman–Crippen LogP) is 3.10. The highest BCUT2D eigenvalue weighted by molar-refractivity contribution is 6.30. The highest BCUT2D eigenvalue weighted by Gasteiger charge is 2.15. The van der Waals surface area contributed by atoms with Gasteiger partial charge in [-0.3, -0.25) is 0 Å². The van der Waals surface area contributed by atoms with E-state index in [1.54, 1.807) is 13.1 Å². The lowest BCUT2D eigenvalue weighted by molar-refractivity contribution is 0.562. The van der Waals surface area contributed by atoms with Crippen LogP contribution in [0, 0.1) is 11.6 Å². The molecule has 3 N–H and O–H groups in total. The van der Waals surface area contributed by atoms with Crippen molar-refractivity contribution < 1.29 is 8.78 Å². The van der Waals surface area contributed by atoms with E-state index in [0.717, 1.165) is 6.07 Å². The first-order chi connectivity index (χ1) is 9.49. The number of nitrogens with zero attached hydrogens (tertiary/aromatic N) is 1. The summed E-state index contributed by atoms with van der Waals surface area (Å²) in [6.07, 6.45) is 1.83. The molecular weight excluding hydrogens is 284 g/mol. The van der Waals surface area contributed by atoms with Crippen molar-refractivity contribution in [3.63, 3.8) is 0 Å². The number of hydrogen-bond acceptors (Lipinski definition) is 3. The van der Waals surface area contributed by atoms with Crippen molar-refractivity contribution in [3.8, 4) is 0 Å². The van der Waals surface area contributed by atoms with Gasteiger partial charge in [-0.15, -0.1) is 0 Å². The average molecular weight is 298 g/mol. The largest absolute Gasteiger partial charge is 0.383 e. The zero-order valence-corrected chi connectivity index (χ0v) is 11.6. The summed E-state index contributed by atoms with van der Waals surface area (Å²) in [5, 5.41) is 3.51. The average Bonchev–Trinajstić information content (AvgIpc) is 2.38. The van der Waals surface area contributed by atoms with E-state index >= 15 is 0 Å². The SMILES string of the molecule is CNC(Cc1cc(F)cc(F)c1)c1cc(Cl)cnc1N. The molecule has 2 rings (SSSR count). The Labute approximate surface area is 120 Å². The van der Waals surface area contributed by atoms with Crippen LogP contribution in [0.5, 0.6) is 0 Å². The molecule has 20 heavy (non-hydrogen) atoms. The summed E-state index contributed by atoms with van der Waals surface area (Å²) in [6, 6.07) is 4.89. The third-order valence-electron chi connectivity index (χ3n) is 3.00. The second kappa shape index (κ2) is 6.15. The lowest BCUT2D eigenvalue weighted by Crippen LogP contribution is -2.20. The summed E-state index contributed by atoms with van der Waals surface area (Å²) in [6.45, 7) is 0. The van der Waals surface area contributed by atoms with Crippen LogP contribution in [0.2, 0.25) is 5.02 Å². The summed E-state index contributed by atoms with van der Waals surface area (Å²) in [5.41, 5.74) is 7.05. The van der Waals surface area contributed by atoms with Gasteiger partial charge in [-0.2, -0.15) is 0 Å². The van der Waals surface area contributed by atoms with Gasteiger partial charge >= 0.3 is 0 Å². The summed E-state index contributed by atoms with van der Waals surface area (Å²) >= 11 is 5.91. The van der Waals surface area contributed by atoms with Crippen LogP contribution >= 0.6 is 11.6 Å². The van der Waals surface area contributed by atoms with Crippen LogP contribution in [0.1, 0.15) is 17.2 Å². The molecule has 1 aromatic carbocycles. The molecule has 0 aliphatic carbocycles. The van der Waals surface area contributed by atoms with Crippen molar-refractivity contribution in [2.75, 3.05) is 12.8 Å². The Balaban J connectivity index is 2.31. The Hall–Kier alpha value is -1.72. The number of anilines is 1. The lowest BCUT2D eigenvalue weighted by atomic mass is 9.99. The van der Waals surface area contributed by atoms with Gasteiger partial charge in [0.1, 0.15) is 17.5 Å². The van der Waals surface area contributed by atoms with E-state index in [1.165, 1.54) is 18.3 Å². The number of nitrogen functional groups attached to an aromatic ring is 1. The van der Waals surface area contributed by atoms with Crippen molar-refractivity contribution in [3.05, 3.63) is 58.2 Å². The van der Waals surface area contributed by atoms with Crippen LogP contribution in [0.25, 0.3) is 0 Å². The molecule has 0 spiro atoms. The Morgan fingerprint density at radius 2 is 1.90 bits per heavy atom. The maximum atomic E-state index is 13.2. The Morgan fingerprint density at radius 1 is 1.25 bits per heavy atom. The number of hydrogen-bond donors (Lipinski definition) is 2. The second-order valence-corrected chi connectivity index (χ2v) is 4.89. The van der Waals surface area contributed by atoms with Crippen LogP contribution in [-0.2, 0) is 6.42 Å². The molecule has 0 saturated heterocycles. The second-order valence-electron chi connectivity index (χ2n) is 4.45.